The van der Waals surface area contributed by atoms with Gasteiger partial charge in [-0.15, -0.1) is 0 Å². The number of rotatable bonds is 7. The lowest BCUT2D eigenvalue weighted by molar-refractivity contribution is 0.331. The van der Waals surface area contributed by atoms with E-state index in [2.05, 4.69) is 43.1 Å². The van der Waals surface area contributed by atoms with E-state index in [1.54, 1.807) is 0 Å². The van der Waals surface area contributed by atoms with Crippen molar-refractivity contribution in [3.8, 4) is 0 Å². The highest BCUT2D eigenvalue weighted by molar-refractivity contribution is 5.56. The number of nitrogens with zero attached hydrogens (tertiary/aromatic N) is 1. The molecule has 23 heavy (non-hydrogen) atoms. The van der Waals surface area contributed by atoms with E-state index in [4.69, 9.17) is 0 Å². The average Bonchev–Trinajstić information content (AvgIpc) is 3.05. The molecule has 0 aliphatic carbocycles. The summed E-state index contributed by atoms with van der Waals surface area (Å²) in [5.74, 6) is 2.30. The second kappa shape index (κ2) is 7.99. The minimum Gasteiger partial charge on any atom is -0.359 e. The summed E-state index contributed by atoms with van der Waals surface area (Å²) < 4.78 is 0. The van der Waals surface area contributed by atoms with Gasteiger partial charge in [0.1, 0.15) is 11.6 Å². The Morgan fingerprint density at radius 3 is 2.61 bits per heavy atom. The maximum Gasteiger partial charge on any atom is 0.146 e. The Balaban J connectivity index is 2.38. The standard InChI is InChI=1S/C21H27NO/c1-5-17(4)14-19(18-10-7-6-8-11-18)21(15-23)22-13-9-12-20(22)16(2)3/h6-8,10-11,19-20H,2,4-5,9,12-14H2,1,3H3/t19?,20-/m0/s1. The number of allylic oxidation sites excluding steroid dienone is 2. The van der Waals surface area contributed by atoms with Gasteiger partial charge in [0.25, 0.3) is 0 Å². The van der Waals surface area contributed by atoms with Crippen LogP contribution in [0, 0.1) is 0 Å². The van der Waals surface area contributed by atoms with Crippen LogP contribution in [0.5, 0.6) is 0 Å². The number of benzene rings is 1. The SMILES string of the molecule is C=C(CC)CC(C(=C=O)N1CCC[C@H]1C(=C)C)c1ccccc1. The highest BCUT2D eigenvalue weighted by Gasteiger charge is 2.32. The van der Waals surface area contributed by atoms with Crippen molar-refractivity contribution in [2.75, 3.05) is 6.54 Å². The van der Waals surface area contributed by atoms with Crippen LogP contribution in [0.25, 0.3) is 0 Å². The Morgan fingerprint density at radius 1 is 1.35 bits per heavy atom. The van der Waals surface area contributed by atoms with Gasteiger partial charge >= 0.3 is 0 Å². The van der Waals surface area contributed by atoms with Crippen LogP contribution in [-0.2, 0) is 4.79 Å². The number of likely N-dealkylation sites (tertiary alicyclic amines) is 1. The van der Waals surface area contributed by atoms with Crippen molar-refractivity contribution >= 4 is 5.94 Å². The minimum absolute atomic E-state index is 0.0288. The van der Waals surface area contributed by atoms with Gasteiger partial charge in [0.05, 0.1) is 6.04 Å². The van der Waals surface area contributed by atoms with E-state index in [9.17, 15) is 4.79 Å². The van der Waals surface area contributed by atoms with Gasteiger partial charge in [0.15, 0.2) is 0 Å². The summed E-state index contributed by atoms with van der Waals surface area (Å²) in [4.78, 5) is 14.1. The van der Waals surface area contributed by atoms with Crippen LogP contribution in [0.3, 0.4) is 0 Å². The molecule has 1 unspecified atom stereocenters. The third-order valence-corrected chi connectivity index (χ3v) is 4.76. The fourth-order valence-corrected chi connectivity index (χ4v) is 3.39. The first kappa shape index (κ1) is 17.3. The Hall–Kier alpha value is -2.05. The van der Waals surface area contributed by atoms with Gasteiger partial charge in [-0.2, -0.15) is 0 Å². The van der Waals surface area contributed by atoms with E-state index in [1.165, 1.54) is 0 Å². The molecular formula is C21H27NO. The molecule has 2 nitrogen and oxygen atoms in total. The smallest absolute Gasteiger partial charge is 0.146 e. The van der Waals surface area contributed by atoms with Gasteiger partial charge in [-0.05, 0) is 38.2 Å². The van der Waals surface area contributed by atoms with Crippen molar-refractivity contribution in [2.45, 2.75) is 51.5 Å². The zero-order valence-corrected chi connectivity index (χ0v) is 14.3. The van der Waals surface area contributed by atoms with Gasteiger partial charge in [-0.25, -0.2) is 4.79 Å². The summed E-state index contributed by atoms with van der Waals surface area (Å²) in [7, 11) is 0. The van der Waals surface area contributed by atoms with E-state index in [0.29, 0.717) is 0 Å². The van der Waals surface area contributed by atoms with Crippen LogP contribution in [0.4, 0.5) is 0 Å². The summed E-state index contributed by atoms with van der Waals surface area (Å²) in [6, 6.07) is 10.5. The Morgan fingerprint density at radius 2 is 2.04 bits per heavy atom. The van der Waals surface area contributed by atoms with Gasteiger partial charge < -0.3 is 4.90 Å². The third-order valence-electron chi connectivity index (χ3n) is 4.76. The topological polar surface area (TPSA) is 20.3 Å². The lowest BCUT2D eigenvalue weighted by atomic mass is 9.88. The fraction of sp³-hybridized carbons (Fsp3) is 0.429. The molecule has 2 atom stereocenters. The number of hydrogen-bond donors (Lipinski definition) is 0. The maximum atomic E-state index is 11.9. The summed E-state index contributed by atoms with van der Waals surface area (Å²) >= 11 is 0. The molecule has 1 fully saturated rings. The van der Waals surface area contributed by atoms with Crippen LogP contribution < -0.4 is 0 Å². The minimum atomic E-state index is 0.0288. The first-order valence-electron chi connectivity index (χ1n) is 8.47. The molecule has 0 radical (unpaired) electrons. The van der Waals surface area contributed by atoms with E-state index in [-0.39, 0.29) is 12.0 Å². The van der Waals surface area contributed by atoms with Crippen molar-refractivity contribution < 1.29 is 4.79 Å². The van der Waals surface area contributed by atoms with Crippen molar-refractivity contribution in [3.63, 3.8) is 0 Å². The molecule has 122 valence electrons. The predicted molar refractivity (Wildman–Crippen MR) is 97.0 cm³/mol. The molecule has 1 aromatic carbocycles. The molecule has 1 aromatic rings. The molecule has 0 amide bonds. The second-order valence-electron chi connectivity index (χ2n) is 6.46. The quantitative estimate of drug-likeness (QED) is 0.528. The van der Waals surface area contributed by atoms with Crippen LogP contribution in [0.1, 0.15) is 51.0 Å². The van der Waals surface area contributed by atoms with Gasteiger partial charge in [-0.1, -0.05) is 61.6 Å². The zero-order valence-electron chi connectivity index (χ0n) is 14.3. The molecule has 0 spiro atoms. The van der Waals surface area contributed by atoms with Crippen molar-refractivity contribution in [2.24, 2.45) is 0 Å². The third kappa shape index (κ3) is 4.03. The maximum absolute atomic E-state index is 11.9. The molecule has 1 saturated heterocycles. The molecule has 1 heterocycles. The Labute approximate surface area is 140 Å². The largest absolute Gasteiger partial charge is 0.359 e. The average molecular weight is 309 g/mol. The Kier molecular flexibility index (Phi) is 6.01. The fourth-order valence-electron chi connectivity index (χ4n) is 3.39. The molecule has 2 heteroatoms. The molecule has 0 bridgehead atoms. The van der Waals surface area contributed by atoms with Crippen LogP contribution in [-0.4, -0.2) is 23.4 Å². The van der Waals surface area contributed by atoms with Crippen LogP contribution >= 0.6 is 0 Å². The summed E-state index contributed by atoms with van der Waals surface area (Å²) in [6.07, 6.45) is 3.89. The number of hydrogen-bond acceptors (Lipinski definition) is 2. The van der Waals surface area contributed by atoms with Gasteiger partial charge in [-0.3, -0.25) is 0 Å². The summed E-state index contributed by atoms with van der Waals surface area (Å²) in [6.45, 7) is 13.3. The van der Waals surface area contributed by atoms with Crippen LogP contribution in [0.15, 0.2) is 60.3 Å². The van der Waals surface area contributed by atoms with Gasteiger partial charge in [0.2, 0.25) is 0 Å². The van der Waals surface area contributed by atoms with Crippen molar-refractivity contribution in [1.29, 1.82) is 0 Å². The Bertz CT molecular complexity index is 610. The number of carbonyl (C=O) groups excluding carboxylic acids is 1. The van der Waals surface area contributed by atoms with Gasteiger partial charge in [0, 0.05) is 12.5 Å². The highest BCUT2D eigenvalue weighted by atomic mass is 16.1. The molecule has 0 N–H and O–H groups in total. The molecule has 0 aromatic heterocycles. The summed E-state index contributed by atoms with van der Waals surface area (Å²) in [5.41, 5.74) is 4.21. The first-order chi connectivity index (χ1) is 11.1. The van der Waals surface area contributed by atoms with E-state index < -0.39 is 0 Å². The van der Waals surface area contributed by atoms with Crippen molar-refractivity contribution in [3.05, 3.63) is 65.9 Å². The molecular weight excluding hydrogens is 282 g/mol. The van der Waals surface area contributed by atoms with Crippen molar-refractivity contribution in [1.82, 2.24) is 4.90 Å². The molecule has 2 rings (SSSR count). The first-order valence-corrected chi connectivity index (χ1v) is 8.47. The molecule has 0 saturated carbocycles. The predicted octanol–water partition coefficient (Wildman–Crippen LogP) is 4.88. The lowest BCUT2D eigenvalue weighted by Crippen LogP contribution is -2.32. The summed E-state index contributed by atoms with van der Waals surface area (Å²) in [5, 5.41) is 0. The van der Waals surface area contributed by atoms with Crippen LogP contribution in [0.2, 0.25) is 0 Å². The zero-order chi connectivity index (χ0) is 16.8. The monoisotopic (exact) mass is 309 g/mol. The van der Waals surface area contributed by atoms with E-state index >= 15 is 0 Å². The lowest BCUT2D eigenvalue weighted by Gasteiger charge is -2.32. The van der Waals surface area contributed by atoms with E-state index in [0.717, 1.165) is 54.6 Å². The molecule has 1 aliphatic rings. The normalized spacial score (nSPS) is 18.3. The van der Waals surface area contributed by atoms with E-state index in [1.807, 2.05) is 25.1 Å². The molecule has 1 aliphatic heterocycles. The highest BCUT2D eigenvalue weighted by Crippen LogP contribution is 2.36. The second-order valence-corrected chi connectivity index (χ2v) is 6.46.